The van der Waals surface area contributed by atoms with E-state index in [1.54, 1.807) is 0 Å². The van der Waals surface area contributed by atoms with Crippen molar-refractivity contribution in [3.05, 3.63) is 32.9 Å². The molecule has 2 fully saturated rings. The van der Waals surface area contributed by atoms with Gasteiger partial charge in [-0.15, -0.1) is 0 Å². The molecule has 1 saturated heterocycles. The molecule has 3 nitrogen and oxygen atoms in total. The summed E-state index contributed by atoms with van der Waals surface area (Å²) in [5.74, 6) is 0.321. The van der Waals surface area contributed by atoms with E-state index in [-0.39, 0.29) is 11.5 Å². The molecule has 1 aromatic rings. The molecular weight excluding hydrogens is 365 g/mol. The molecule has 0 spiro atoms. The van der Waals surface area contributed by atoms with Crippen LogP contribution in [0.4, 0.5) is 0 Å². The van der Waals surface area contributed by atoms with Crippen LogP contribution in [-0.4, -0.2) is 29.1 Å². The number of aliphatic hydroxyl groups is 1. The van der Waals surface area contributed by atoms with Crippen LogP contribution < -0.4 is 5.32 Å². The number of hydrogen-bond acceptors (Lipinski definition) is 2. The Kier molecular flexibility index (Phi) is 2.82. The molecule has 3 N–H and O–H groups in total. The highest BCUT2D eigenvalue weighted by Crippen LogP contribution is 2.54. The number of carbonyl (C=O) groups excluding carboxylic acids is 1. The van der Waals surface area contributed by atoms with Gasteiger partial charge in [-0.05, 0) is 52.3 Å². The Labute approximate surface area is 132 Å². The molecule has 1 aliphatic heterocycles. The number of piperidine rings is 1. The fourth-order valence-electron chi connectivity index (χ4n) is 4.84. The highest BCUT2D eigenvalue weighted by atomic mass is 127. The summed E-state index contributed by atoms with van der Waals surface area (Å²) in [5, 5.41) is 13.7. The Hall–Kier alpha value is -0.460. The van der Waals surface area contributed by atoms with Crippen LogP contribution in [0.15, 0.2) is 18.2 Å². The van der Waals surface area contributed by atoms with Crippen molar-refractivity contribution in [1.29, 1.82) is 0 Å². The van der Waals surface area contributed by atoms with E-state index >= 15 is 0 Å². The van der Waals surface area contributed by atoms with Crippen LogP contribution in [0.3, 0.4) is 0 Å². The molecule has 2 unspecified atom stereocenters. The molecular formula is C16H19INO2+. The standard InChI is InChI=1S/C16H18INO2/c17-11-2-1-10-7-14-16(20)4-3-12(19)9-15(16,5-6-18-14)13(10)8-11/h1-2,8,14,18,20H,3-7,9H2/p+1/t14-,15?,16?/m1/s1. The van der Waals surface area contributed by atoms with Crippen LogP contribution in [-0.2, 0) is 16.6 Å². The maximum absolute atomic E-state index is 12.1. The third-order valence-corrected chi connectivity index (χ3v) is 6.45. The summed E-state index contributed by atoms with van der Waals surface area (Å²) in [6.07, 6.45) is 3.55. The van der Waals surface area contributed by atoms with Crippen LogP contribution >= 0.6 is 22.6 Å². The van der Waals surface area contributed by atoms with E-state index in [0.29, 0.717) is 25.0 Å². The second-order valence-corrected chi connectivity index (χ2v) is 7.85. The summed E-state index contributed by atoms with van der Waals surface area (Å²) in [7, 11) is 0. The number of benzene rings is 1. The van der Waals surface area contributed by atoms with E-state index in [2.05, 4.69) is 46.1 Å². The molecule has 1 saturated carbocycles. The fourth-order valence-corrected chi connectivity index (χ4v) is 5.33. The van der Waals surface area contributed by atoms with Crippen LogP contribution in [0.25, 0.3) is 0 Å². The quantitative estimate of drug-likeness (QED) is 0.654. The monoisotopic (exact) mass is 384 g/mol. The third kappa shape index (κ3) is 1.56. The first-order chi connectivity index (χ1) is 9.55. The Morgan fingerprint density at radius 1 is 1.35 bits per heavy atom. The number of fused-ring (bicyclic) bond motifs is 1. The molecule has 1 heterocycles. The van der Waals surface area contributed by atoms with Crippen molar-refractivity contribution >= 4 is 28.4 Å². The number of carbonyl (C=O) groups is 1. The van der Waals surface area contributed by atoms with Gasteiger partial charge in [0.2, 0.25) is 0 Å². The SMILES string of the molecule is O=C1CCC2(O)[C@H]3Cc4ccc(I)cc4C2(CC[NH2+]3)C1. The highest BCUT2D eigenvalue weighted by molar-refractivity contribution is 14.1. The van der Waals surface area contributed by atoms with E-state index in [4.69, 9.17) is 0 Å². The zero-order valence-electron chi connectivity index (χ0n) is 11.4. The fraction of sp³-hybridized carbons (Fsp3) is 0.562. The molecule has 4 rings (SSSR count). The number of halogens is 1. The van der Waals surface area contributed by atoms with Gasteiger partial charge in [0.25, 0.3) is 0 Å². The summed E-state index contributed by atoms with van der Waals surface area (Å²) in [6.45, 7) is 1.02. The van der Waals surface area contributed by atoms with Crippen molar-refractivity contribution in [2.75, 3.05) is 6.54 Å². The van der Waals surface area contributed by atoms with Crippen molar-refractivity contribution in [3.8, 4) is 0 Å². The lowest BCUT2D eigenvalue weighted by Gasteiger charge is -2.58. The summed E-state index contributed by atoms with van der Waals surface area (Å²) in [6, 6.07) is 6.77. The minimum Gasteiger partial charge on any atom is -0.383 e. The maximum Gasteiger partial charge on any atom is 0.134 e. The first kappa shape index (κ1) is 13.2. The Morgan fingerprint density at radius 2 is 2.20 bits per heavy atom. The molecule has 1 aromatic carbocycles. The zero-order valence-corrected chi connectivity index (χ0v) is 13.5. The van der Waals surface area contributed by atoms with E-state index in [1.165, 1.54) is 14.7 Å². The smallest absolute Gasteiger partial charge is 0.134 e. The predicted octanol–water partition coefficient (Wildman–Crippen LogP) is 0.905. The predicted molar refractivity (Wildman–Crippen MR) is 83.5 cm³/mol. The van der Waals surface area contributed by atoms with Gasteiger partial charge in [0.05, 0.1) is 6.54 Å². The Balaban J connectivity index is 1.98. The van der Waals surface area contributed by atoms with Gasteiger partial charge < -0.3 is 10.4 Å². The average molecular weight is 384 g/mol. The molecule has 0 radical (unpaired) electrons. The van der Waals surface area contributed by atoms with Gasteiger partial charge >= 0.3 is 0 Å². The summed E-state index contributed by atoms with van der Waals surface area (Å²) >= 11 is 2.33. The van der Waals surface area contributed by atoms with Gasteiger partial charge in [-0.25, -0.2) is 0 Å². The normalized spacial score (nSPS) is 39.1. The average Bonchev–Trinajstić information content (AvgIpc) is 2.41. The van der Waals surface area contributed by atoms with Crippen LogP contribution in [0.5, 0.6) is 0 Å². The molecule has 106 valence electrons. The van der Waals surface area contributed by atoms with Crippen molar-refractivity contribution in [2.45, 2.75) is 49.2 Å². The highest BCUT2D eigenvalue weighted by Gasteiger charge is 2.65. The maximum atomic E-state index is 12.1. The van der Waals surface area contributed by atoms with E-state index < -0.39 is 5.60 Å². The number of rotatable bonds is 0. The van der Waals surface area contributed by atoms with Gasteiger partial charge in [-0.3, -0.25) is 4.79 Å². The molecule has 3 aliphatic rings. The first-order valence-electron chi connectivity index (χ1n) is 7.41. The number of hydrogen-bond donors (Lipinski definition) is 2. The summed E-state index contributed by atoms with van der Waals surface area (Å²) in [5.41, 5.74) is 1.57. The number of quaternary nitrogens is 1. The topological polar surface area (TPSA) is 53.9 Å². The number of nitrogens with two attached hydrogens (primary N) is 1. The molecule has 2 aliphatic carbocycles. The lowest BCUT2D eigenvalue weighted by Crippen LogP contribution is -3.01. The minimum atomic E-state index is -0.698. The first-order valence-corrected chi connectivity index (χ1v) is 8.49. The van der Waals surface area contributed by atoms with E-state index in [0.717, 1.165) is 19.4 Å². The largest absolute Gasteiger partial charge is 0.383 e. The minimum absolute atomic E-state index is 0.219. The van der Waals surface area contributed by atoms with E-state index in [1.807, 2.05) is 0 Å². The Morgan fingerprint density at radius 3 is 3.05 bits per heavy atom. The molecule has 0 amide bonds. The second kappa shape index (κ2) is 4.27. The van der Waals surface area contributed by atoms with Crippen molar-refractivity contribution in [1.82, 2.24) is 0 Å². The molecule has 4 heteroatoms. The van der Waals surface area contributed by atoms with Crippen LogP contribution in [0, 0.1) is 3.57 Å². The van der Waals surface area contributed by atoms with Gasteiger partial charge in [-0.2, -0.15) is 0 Å². The molecule has 2 bridgehead atoms. The number of ketones is 1. The summed E-state index contributed by atoms with van der Waals surface area (Å²) in [4.78, 5) is 12.1. The lowest BCUT2D eigenvalue weighted by atomic mass is 9.50. The van der Waals surface area contributed by atoms with Gasteiger partial charge in [0.15, 0.2) is 0 Å². The van der Waals surface area contributed by atoms with Crippen molar-refractivity contribution < 1.29 is 15.2 Å². The second-order valence-electron chi connectivity index (χ2n) is 6.61. The van der Waals surface area contributed by atoms with Gasteiger partial charge in [-0.1, -0.05) is 6.07 Å². The summed E-state index contributed by atoms with van der Waals surface area (Å²) < 4.78 is 1.20. The number of Topliss-reactive ketones (excluding diaryl/α,β-unsaturated/α-hetero) is 1. The molecule has 20 heavy (non-hydrogen) atoms. The van der Waals surface area contributed by atoms with Gasteiger partial charge in [0, 0.05) is 34.7 Å². The third-order valence-electron chi connectivity index (χ3n) is 5.78. The van der Waals surface area contributed by atoms with Crippen LogP contribution in [0.2, 0.25) is 0 Å². The van der Waals surface area contributed by atoms with Crippen molar-refractivity contribution in [2.24, 2.45) is 0 Å². The molecule has 3 atom stereocenters. The van der Waals surface area contributed by atoms with E-state index in [9.17, 15) is 9.90 Å². The molecule has 0 aromatic heterocycles. The lowest BCUT2D eigenvalue weighted by molar-refractivity contribution is -0.720. The zero-order chi connectivity index (χ0) is 14.0. The van der Waals surface area contributed by atoms with Crippen molar-refractivity contribution in [3.63, 3.8) is 0 Å². The van der Waals surface area contributed by atoms with Gasteiger partial charge in [0.1, 0.15) is 17.4 Å². The van der Waals surface area contributed by atoms with Crippen LogP contribution in [0.1, 0.15) is 36.8 Å². The Bertz CT molecular complexity index is 602.